The lowest BCUT2D eigenvalue weighted by Gasteiger charge is -2.10. The van der Waals surface area contributed by atoms with E-state index in [4.69, 9.17) is 4.74 Å². The number of benzene rings is 2. The molecule has 2 aromatic carbocycles. The largest absolute Gasteiger partial charge is 0.372 e. The summed E-state index contributed by atoms with van der Waals surface area (Å²) in [5.41, 5.74) is 4.84. The zero-order valence-corrected chi connectivity index (χ0v) is 12.4. The Kier molecular flexibility index (Phi) is 3.85. The fourth-order valence-corrected chi connectivity index (χ4v) is 2.76. The van der Waals surface area contributed by atoms with Crippen molar-refractivity contribution in [1.29, 1.82) is 0 Å². The van der Waals surface area contributed by atoms with Crippen LogP contribution >= 0.6 is 15.9 Å². The molecule has 1 amide bonds. The number of rotatable bonds is 3. The molecule has 0 bridgehead atoms. The van der Waals surface area contributed by atoms with Crippen LogP contribution in [0.15, 0.2) is 42.5 Å². The Morgan fingerprint density at radius 2 is 1.95 bits per heavy atom. The van der Waals surface area contributed by atoms with E-state index in [-0.39, 0.29) is 5.91 Å². The minimum Gasteiger partial charge on any atom is -0.372 e. The highest BCUT2D eigenvalue weighted by Crippen LogP contribution is 2.22. The highest BCUT2D eigenvalue weighted by Gasteiger charge is 2.15. The number of carbonyl (C=O) groups is 1. The number of nitrogens with one attached hydrogen (secondary N) is 1. The van der Waals surface area contributed by atoms with E-state index in [0.29, 0.717) is 24.1 Å². The molecule has 0 fully saturated rings. The lowest BCUT2D eigenvalue weighted by Crippen LogP contribution is -2.13. The zero-order chi connectivity index (χ0) is 13.9. The molecule has 2 aromatic rings. The Labute approximate surface area is 126 Å². The number of carbonyl (C=O) groups excluding carboxylic acids is 1. The highest BCUT2D eigenvalue weighted by molar-refractivity contribution is 9.08. The number of para-hydroxylation sites is 1. The molecule has 20 heavy (non-hydrogen) atoms. The summed E-state index contributed by atoms with van der Waals surface area (Å²) in [6.07, 6.45) is 0. The van der Waals surface area contributed by atoms with Gasteiger partial charge in [-0.05, 0) is 34.9 Å². The second kappa shape index (κ2) is 5.77. The third kappa shape index (κ3) is 2.62. The Balaban J connectivity index is 1.83. The summed E-state index contributed by atoms with van der Waals surface area (Å²) in [6, 6.07) is 13.5. The van der Waals surface area contributed by atoms with Gasteiger partial charge in [-0.25, -0.2) is 0 Å². The minimum absolute atomic E-state index is 0.0897. The van der Waals surface area contributed by atoms with Gasteiger partial charge in [-0.2, -0.15) is 0 Å². The van der Waals surface area contributed by atoms with Crippen molar-refractivity contribution in [2.45, 2.75) is 18.5 Å². The van der Waals surface area contributed by atoms with Gasteiger partial charge in [0.2, 0.25) is 0 Å². The van der Waals surface area contributed by atoms with Crippen LogP contribution in [0.25, 0.3) is 0 Å². The number of halogens is 1. The molecular formula is C16H14BrNO2. The molecule has 0 radical (unpaired) electrons. The molecular weight excluding hydrogens is 318 g/mol. The van der Waals surface area contributed by atoms with Crippen molar-refractivity contribution < 1.29 is 9.53 Å². The van der Waals surface area contributed by atoms with Crippen LogP contribution in [0.1, 0.15) is 27.0 Å². The van der Waals surface area contributed by atoms with E-state index in [1.165, 1.54) is 5.56 Å². The van der Waals surface area contributed by atoms with E-state index >= 15 is 0 Å². The van der Waals surface area contributed by atoms with Gasteiger partial charge in [-0.1, -0.05) is 40.2 Å². The van der Waals surface area contributed by atoms with Gasteiger partial charge in [0.05, 0.1) is 13.2 Å². The quantitative estimate of drug-likeness (QED) is 0.867. The van der Waals surface area contributed by atoms with Gasteiger partial charge in [0, 0.05) is 16.6 Å². The van der Waals surface area contributed by atoms with Gasteiger partial charge in [-0.3, -0.25) is 4.79 Å². The molecule has 3 rings (SSSR count). The molecule has 3 nitrogen and oxygen atoms in total. The summed E-state index contributed by atoms with van der Waals surface area (Å²) in [4.78, 5) is 12.3. The fourth-order valence-electron chi connectivity index (χ4n) is 2.27. The Morgan fingerprint density at radius 1 is 1.15 bits per heavy atom. The molecule has 0 aromatic heterocycles. The molecule has 0 atom stereocenters. The number of amides is 1. The summed E-state index contributed by atoms with van der Waals surface area (Å²) < 4.78 is 5.37. The van der Waals surface area contributed by atoms with Crippen molar-refractivity contribution in [1.82, 2.24) is 0 Å². The number of anilines is 1. The van der Waals surface area contributed by atoms with Crippen molar-refractivity contribution in [3.05, 3.63) is 64.7 Å². The molecule has 1 aliphatic rings. The summed E-state index contributed by atoms with van der Waals surface area (Å²) in [5.74, 6) is -0.0897. The van der Waals surface area contributed by atoms with Gasteiger partial charge in [0.25, 0.3) is 5.91 Å². The predicted octanol–water partition coefficient (Wildman–Crippen LogP) is 3.86. The average molecular weight is 332 g/mol. The van der Waals surface area contributed by atoms with Crippen molar-refractivity contribution in [2.24, 2.45) is 0 Å². The average Bonchev–Trinajstić information content (AvgIpc) is 2.95. The Bertz CT molecular complexity index is 655. The lowest BCUT2D eigenvalue weighted by molar-refractivity contribution is 0.102. The first-order valence-electron chi connectivity index (χ1n) is 6.42. The molecule has 0 saturated heterocycles. The first-order chi connectivity index (χ1) is 9.78. The molecule has 1 heterocycles. The van der Waals surface area contributed by atoms with Crippen LogP contribution in [0, 0.1) is 0 Å². The summed E-state index contributed by atoms with van der Waals surface area (Å²) >= 11 is 3.43. The lowest BCUT2D eigenvalue weighted by atomic mass is 10.1. The highest BCUT2D eigenvalue weighted by atomic mass is 79.9. The van der Waals surface area contributed by atoms with Gasteiger partial charge in [0.15, 0.2) is 0 Å². The second-order valence-electron chi connectivity index (χ2n) is 4.72. The first-order valence-corrected chi connectivity index (χ1v) is 7.55. The number of ether oxygens (including phenoxy) is 1. The number of fused-ring (bicyclic) bond motifs is 1. The Hall–Kier alpha value is -1.65. The summed E-state index contributed by atoms with van der Waals surface area (Å²) in [7, 11) is 0. The maximum Gasteiger partial charge on any atom is 0.255 e. The van der Waals surface area contributed by atoms with E-state index < -0.39 is 0 Å². The van der Waals surface area contributed by atoms with Crippen LogP contribution in [-0.2, 0) is 23.3 Å². The topological polar surface area (TPSA) is 38.3 Å². The third-order valence-corrected chi connectivity index (χ3v) is 4.00. The van der Waals surface area contributed by atoms with Crippen LogP contribution in [-0.4, -0.2) is 5.91 Å². The van der Waals surface area contributed by atoms with Gasteiger partial charge in [0.1, 0.15) is 0 Å². The van der Waals surface area contributed by atoms with Crippen molar-refractivity contribution in [2.75, 3.05) is 5.32 Å². The maximum absolute atomic E-state index is 12.3. The van der Waals surface area contributed by atoms with Crippen molar-refractivity contribution >= 4 is 27.5 Å². The van der Waals surface area contributed by atoms with Gasteiger partial charge >= 0.3 is 0 Å². The van der Waals surface area contributed by atoms with Gasteiger partial charge in [-0.15, -0.1) is 0 Å². The molecule has 0 saturated carbocycles. The molecule has 1 N–H and O–H groups in total. The van der Waals surface area contributed by atoms with E-state index in [0.717, 1.165) is 16.8 Å². The van der Waals surface area contributed by atoms with E-state index in [2.05, 4.69) is 21.2 Å². The standard InChI is InChI=1S/C16H14BrNO2/c17-8-12-3-1-2-4-15(12)18-16(19)11-5-6-13-9-20-10-14(13)7-11/h1-7H,8-10H2,(H,18,19). The Morgan fingerprint density at radius 3 is 2.80 bits per heavy atom. The molecule has 0 aliphatic carbocycles. The van der Waals surface area contributed by atoms with E-state index in [9.17, 15) is 4.79 Å². The monoisotopic (exact) mass is 331 g/mol. The summed E-state index contributed by atoms with van der Waals surface area (Å²) in [5, 5.41) is 3.67. The van der Waals surface area contributed by atoms with Crippen LogP contribution in [0.2, 0.25) is 0 Å². The zero-order valence-electron chi connectivity index (χ0n) is 10.9. The fraction of sp³-hybridized carbons (Fsp3) is 0.188. The summed E-state index contributed by atoms with van der Waals surface area (Å²) in [6.45, 7) is 1.23. The van der Waals surface area contributed by atoms with E-state index in [1.54, 1.807) is 0 Å². The number of hydrogen-bond donors (Lipinski definition) is 1. The smallest absolute Gasteiger partial charge is 0.255 e. The van der Waals surface area contributed by atoms with Crippen LogP contribution < -0.4 is 5.32 Å². The molecule has 1 aliphatic heterocycles. The normalized spacial score (nSPS) is 13.1. The van der Waals surface area contributed by atoms with Gasteiger partial charge < -0.3 is 10.1 Å². The first kappa shape index (κ1) is 13.3. The molecule has 102 valence electrons. The van der Waals surface area contributed by atoms with E-state index in [1.807, 2.05) is 42.5 Å². The van der Waals surface area contributed by atoms with Crippen molar-refractivity contribution in [3.8, 4) is 0 Å². The number of alkyl halides is 1. The maximum atomic E-state index is 12.3. The predicted molar refractivity (Wildman–Crippen MR) is 82.0 cm³/mol. The molecule has 0 unspecified atom stereocenters. The second-order valence-corrected chi connectivity index (χ2v) is 5.28. The van der Waals surface area contributed by atoms with Crippen LogP contribution in [0.3, 0.4) is 0 Å². The SMILES string of the molecule is O=C(Nc1ccccc1CBr)c1ccc2c(c1)COC2. The third-order valence-electron chi connectivity index (χ3n) is 3.39. The van der Waals surface area contributed by atoms with Crippen molar-refractivity contribution in [3.63, 3.8) is 0 Å². The van der Waals surface area contributed by atoms with Crippen LogP contribution in [0.4, 0.5) is 5.69 Å². The number of hydrogen-bond acceptors (Lipinski definition) is 2. The van der Waals surface area contributed by atoms with Crippen LogP contribution in [0.5, 0.6) is 0 Å². The molecule has 4 heteroatoms. The molecule has 0 spiro atoms. The minimum atomic E-state index is -0.0897.